The van der Waals surface area contributed by atoms with Crippen molar-refractivity contribution in [1.82, 2.24) is 5.43 Å². The summed E-state index contributed by atoms with van der Waals surface area (Å²) in [5, 5.41) is 4.23. The number of nitrogens with one attached hydrogen (secondary N) is 1. The molecule has 0 radical (unpaired) electrons. The minimum atomic E-state index is -0.647. The zero-order valence-corrected chi connectivity index (χ0v) is 12.2. The van der Waals surface area contributed by atoms with Gasteiger partial charge in [-0.2, -0.15) is 5.10 Å². The molecule has 1 saturated carbocycles. The van der Waals surface area contributed by atoms with E-state index >= 15 is 0 Å². The first-order chi connectivity index (χ1) is 10.2. The van der Waals surface area contributed by atoms with Crippen LogP contribution in [0.5, 0.6) is 11.5 Å². The van der Waals surface area contributed by atoms with Crippen LogP contribution in [0.1, 0.15) is 32.6 Å². The van der Waals surface area contributed by atoms with Gasteiger partial charge in [0.2, 0.25) is 6.10 Å². The maximum atomic E-state index is 12.1. The van der Waals surface area contributed by atoms with Gasteiger partial charge in [0.25, 0.3) is 5.91 Å². The van der Waals surface area contributed by atoms with E-state index in [1.165, 1.54) is 0 Å². The van der Waals surface area contributed by atoms with Crippen molar-refractivity contribution in [3.63, 3.8) is 0 Å². The molecule has 1 aromatic rings. The molecule has 0 saturated heterocycles. The fourth-order valence-electron chi connectivity index (χ4n) is 2.56. The SMILES string of the molecule is CC1CCC(=NNC(=O)[C@H]2COc3ccccc3O2)CC1. The number of nitrogens with zero attached hydrogens (tertiary/aromatic N) is 1. The van der Waals surface area contributed by atoms with Crippen LogP contribution in [0.15, 0.2) is 29.4 Å². The summed E-state index contributed by atoms with van der Waals surface area (Å²) in [6.07, 6.45) is 3.57. The lowest BCUT2D eigenvalue weighted by molar-refractivity contribution is -0.130. The molecule has 21 heavy (non-hydrogen) atoms. The Kier molecular flexibility index (Phi) is 4.08. The Balaban J connectivity index is 1.56. The van der Waals surface area contributed by atoms with Crippen LogP contribution in [0.4, 0.5) is 0 Å². The Morgan fingerprint density at radius 1 is 1.24 bits per heavy atom. The number of hydrogen-bond acceptors (Lipinski definition) is 4. The Bertz CT molecular complexity index is 546. The molecule has 1 amide bonds. The number of amides is 1. The minimum Gasteiger partial charge on any atom is -0.485 e. The monoisotopic (exact) mass is 288 g/mol. The summed E-state index contributed by atoms with van der Waals surface area (Å²) >= 11 is 0. The Hall–Kier alpha value is -2.04. The molecule has 0 spiro atoms. The third-order valence-electron chi connectivity index (χ3n) is 3.98. The van der Waals surface area contributed by atoms with Gasteiger partial charge >= 0.3 is 0 Å². The highest BCUT2D eigenvalue weighted by Crippen LogP contribution is 2.30. The minimum absolute atomic E-state index is 0.213. The van der Waals surface area contributed by atoms with E-state index in [1.54, 1.807) is 6.07 Å². The first-order valence-corrected chi connectivity index (χ1v) is 7.46. The molecule has 5 nitrogen and oxygen atoms in total. The van der Waals surface area contributed by atoms with E-state index in [1.807, 2.05) is 18.2 Å². The van der Waals surface area contributed by atoms with Crippen molar-refractivity contribution in [3.05, 3.63) is 24.3 Å². The van der Waals surface area contributed by atoms with E-state index in [0.29, 0.717) is 11.5 Å². The second-order valence-electron chi connectivity index (χ2n) is 5.70. The summed E-state index contributed by atoms with van der Waals surface area (Å²) in [6, 6.07) is 7.35. The summed E-state index contributed by atoms with van der Waals surface area (Å²) in [5.74, 6) is 1.78. The molecule has 1 fully saturated rings. The standard InChI is InChI=1S/C16H20N2O3/c1-11-6-8-12(9-7-11)17-18-16(19)15-10-20-13-4-2-3-5-14(13)21-15/h2-5,11,15H,6-10H2,1H3,(H,18,19)/t11?,15-/m1/s1. The van der Waals surface area contributed by atoms with Crippen LogP contribution in [0, 0.1) is 5.92 Å². The first kappa shape index (κ1) is 13.9. The molecule has 2 aliphatic rings. The van der Waals surface area contributed by atoms with Crippen molar-refractivity contribution < 1.29 is 14.3 Å². The number of carbonyl (C=O) groups is 1. The predicted octanol–water partition coefficient (Wildman–Crippen LogP) is 2.51. The summed E-state index contributed by atoms with van der Waals surface area (Å²) in [5.41, 5.74) is 3.68. The smallest absolute Gasteiger partial charge is 0.284 e. The van der Waals surface area contributed by atoms with Gasteiger partial charge in [-0.1, -0.05) is 19.1 Å². The predicted molar refractivity (Wildman–Crippen MR) is 79.6 cm³/mol. The molecule has 1 aromatic carbocycles. The lowest BCUT2D eigenvalue weighted by Crippen LogP contribution is -2.42. The maximum Gasteiger partial charge on any atom is 0.284 e. The summed E-state index contributed by atoms with van der Waals surface area (Å²) in [4.78, 5) is 12.1. The van der Waals surface area contributed by atoms with Crippen LogP contribution in [0.2, 0.25) is 0 Å². The largest absolute Gasteiger partial charge is 0.485 e. The van der Waals surface area contributed by atoms with Crippen molar-refractivity contribution in [2.24, 2.45) is 11.0 Å². The topological polar surface area (TPSA) is 59.9 Å². The van der Waals surface area contributed by atoms with Gasteiger partial charge in [0.1, 0.15) is 6.61 Å². The lowest BCUT2D eigenvalue weighted by Gasteiger charge is -2.25. The van der Waals surface area contributed by atoms with Crippen LogP contribution < -0.4 is 14.9 Å². The molecule has 0 unspecified atom stereocenters. The van der Waals surface area contributed by atoms with E-state index < -0.39 is 6.10 Å². The van der Waals surface area contributed by atoms with Crippen molar-refractivity contribution in [2.75, 3.05) is 6.61 Å². The molecule has 1 atom stereocenters. The van der Waals surface area contributed by atoms with Gasteiger partial charge in [0, 0.05) is 5.71 Å². The van der Waals surface area contributed by atoms with E-state index in [0.717, 1.165) is 37.3 Å². The zero-order valence-electron chi connectivity index (χ0n) is 12.2. The van der Waals surface area contributed by atoms with Gasteiger partial charge in [-0.05, 0) is 43.7 Å². The Morgan fingerprint density at radius 3 is 2.71 bits per heavy atom. The maximum absolute atomic E-state index is 12.1. The Morgan fingerprint density at radius 2 is 1.95 bits per heavy atom. The molecule has 1 aliphatic carbocycles. The lowest BCUT2D eigenvalue weighted by atomic mass is 9.90. The van der Waals surface area contributed by atoms with Crippen molar-refractivity contribution in [3.8, 4) is 11.5 Å². The molecular weight excluding hydrogens is 268 g/mol. The number of carbonyl (C=O) groups excluding carboxylic acids is 1. The van der Waals surface area contributed by atoms with Crippen LogP contribution in [-0.2, 0) is 4.79 Å². The van der Waals surface area contributed by atoms with E-state index in [2.05, 4.69) is 17.5 Å². The third-order valence-corrected chi connectivity index (χ3v) is 3.98. The number of hydrogen-bond donors (Lipinski definition) is 1. The van der Waals surface area contributed by atoms with E-state index in [-0.39, 0.29) is 12.5 Å². The van der Waals surface area contributed by atoms with E-state index in [4.69, 9.17) is 9.47 Å². The van der Waals surface area contributed by atoms with Gasteiger partial charge in [0.05, 0.1) is 0 Å². The number of hydrazone groups is 1. The third kappa shape index (κ3) is 3.35. The van der Waals surface area contributed by atoms with Crippen LogP contribution in [-0.4, -0.2) is 24.3 Å². The summed E-state index contributed by atoms with van der Waals surface area (Å²) in [6.45, 7) is 2.46. The van der Waals surface area contributed by atoms with Gasteiger partial charge in [-0.25, -0.2) is 5.43 Å². The fourth-order valence-corrected chi connectivity index (χ4v) is 2.56. The van der Waals surface area contributed by atoms with Gasteiger partial charge < -0.3 is 9.47 Å². The second kappa shape index (κ2) is 6.16. The molecule has 5 heteroatoms. The van der Waals surface area contributed by atoms with Gasteiger partial charge in [-0.15, -0.1) is 0 Å². The molecule has 112 valence electrons. The highest BCUT2D eigenvalue weighted by Gasteiger charge is 2.27. The Labute approximate surface area is 124 Å². The van der Waals surface area contributed by atoms with Gasteiger partial charge in [-0.3, -0.25) is 4.79 Å². The molecule has 1 heterocycles. The normalized spacial score (nSPS) is 24.3. The first-order valence-electron chi connectivity index (χ1n) is 7.46. The average molecular weight is 288 g/mol. The molecule has 0 bridgehead atoms. The highest BCUT2D eigenvalue weighted by molar-refractivity contribution is 5.88. The number of ether oxygens (including phenoxy) is 2. The molecule has 0 aromatic heterocycles. The van der Waals surface area contributed by atoms with Crippen molar-refractivity contribution in [2.45, 2.75) is 38.7 Å². The van der Waals surface area contributed by atoms with E-state index in [9.17, 15) is 4.79 Å². The number of benzene rings is 1. The van der Waals surface area contributed by atoms with Crippen molar-refractivity contribution >= 4 is 11.6 Å². The zero-order chi connectivity index (χ0) is 14.7. The number of rotatable bonds is 2. The summed E-state index contributed by atoms with van der Waals surface area (Å²) in [7, 11) is 0. The fraction of sp³-hybridized carbons (Fsp3) is 0.500. The molecule has 3 rings (SSSR count). The average Bonchev–Trinajstić information content (AvgIpc) is 2.53. The molecule has 1 N–H and O–H groups in total. The second-order valence-corrected chi connectivity index (χ2v) is 5.70. The molecular formula is C16H20N2O3. The van der Waals surface area contributed by atoms with Crippen LogP contribution >= 0.6 is 0 Å². The number of fused-ring (bicyclic) bond motifs is 1. The van der Waals surface area contributed by atoms with Crippen LogP contribution in [0.25, 0.3) is 0 Å². The molecule has 1 aliphatic heterocycles. The highest BCUT2D eigenvalue weighted by atomic mass is 16.6. The quantitative estimate of drug-likeness (QED) is 0.851. The van der Waals surface area contributed by atoms with Crippen molar-refractivity contribution in [1.29, 1.82) is 0 Å². The van der Waals surface area contributed by atoms with Gasteiger partial charge in [0.15, 0.2) is 11.5 Å². The summed E-state index contributed by atoms with van der Waals surface area (Å²) < 4.78 is 11.2. The van der Waals surface area contributed by atoms with Crippen LogP contribution in [0.3, 0.4) is 0 Å². The number of para-hydroxylation sites is 2.